The van der Waals surface area contributed by atoms with E-state index in [0.29, 0.717) is 82.0 Å². The summed E-state index contributed by atoms with van der Waals surface area (Å²) in [6.07, 6.45) is -9.75. The number of aromatic nitrogens is 4. The van der Waals surface area contributed by atoms with E-state index < -0.39 is 24.9 Å². The minimum Gasteiger partial charge on any atom is -0.440 e. The summed E-state index contributed by atoms with van der Waals surface area (Å²) in [6.45, 7) is 3.40. The van der Waals surface area contributed by atoms with Gasteiger partial charge in [-0.05, 0) is 71.8 Å². The number of benzene rings is 4. The number of oxime groups is 2. The Balaban J connectivity index is 0.000000177. The molecule has 4 aromatic carbocycles. The first-order valence-corrected chi connectivity index (χ1v) is 17.0. The van der Waals surface area contributed by atoms with E-state index in [1.54, 1.807) is 62.4 Å². The standard InChI is InChI=1S/2C19H14F3N3O4/c2*1-11-23-24-18(26-11)13-3-2-4-15(9-13)27-17-10-16(29-25-17)12-5-7-14(8-6-12)28-19(20,21)22/h2*2-9,16H,10H2,1H3/t2*16-/m10/s1. The van der Waals surface area contributed by atoms with E-state index in [1.165, 1.54) is 48.5 Å². The summed E-state index contributed by atoms with van der Waals surface area (Å²) >= 11 is 0. The highest BCUT2D eigenvalue weighted by Gasteiger charge is 2.33. The van der Waals surface area contributed by atoms with E-state index in [0.717, 1.165) is 0 Å². The van der Waals surface area contributed by atoms with Gasteiger partial charge in [0.25, 0.3) is 0 Å². The van der Waals surface area contributed by atoms with Crippen LogP contribution in [-0.4, -0.2) is 44.9 Å². The van der Waals surface area contributed by atoms with Gasteiger partial charge in [0, 0.05) is 25.0 Å². The van der Waals surface area contributed by atoms with Gasteiger partial charge < -0.3 is 37.5 Å². The number of ether oxygens (including phenoxy) is 4. The van der Waals surface area contributed by atoms with Crippen molar-refractivity contribution in [1.82, 2.24) is 20.4 Å². The molecule has 0 radical (unpaired) electrons. The molecule has 58 heavy (non-hydrogen) atoms. The molecule has 0 aliphatic carbocycles. The lowest BCUT2D eigenvalue weighted by molar-refractivity contribution is -0.275. The number of nitrogens with zero attached hydrogens (tertiary/aromatic N) is 6. The molecule has 2 atom stereocenters. The predicted molar refractivity (Wildman–Crippen MR) is 188 cm³/mol. The summed E-state index contributed by atoms with van der Waals surface area (Å²) in [5, 5.41) is 23.3. The average molecular weight is 811 g/mol. The van der Waals surface area contributed by atoms with Gasteiger partial charge in [-0.1, -0.05) is 46.7 Å². The monoisotopic (exact) mass is 810 g/mol. The van der Waals surface area contributed by atoms with Crippen molar-refractivity contribution >= 4 is 11.8 Å². The Morgan fingerprint density at radius 1 is 0.517 bits per heavy atom. The molecule has 4 heterocycles. The van der Waals surface area contributed by atoms with Gasteiger partial charge in [0.15, 0.2) is 12.2 Å². The fourth-order valence-electron chi connectivity index (χ4n) is 5.44. The summed E-state index contributed by atoms with van der Waals surface area (Å²) in [5.41, 5.74) is 2.69. The summed E-state index contributed by atoms with van der Waals surface area (Å²) in [4.78, 5) is 10.7. The second kappa shape index (κ2) is 16.5. The van der Waals surface area contributed by atoms with E-state index in [-0.39, 0.29) is 11.5 Å². The lowest BCUT2D eigenvalue weighted by Gasteiger charge is -2.11. The molecule has 0 N–H and O–H groups in total. The molecule has 14 nitrogen and oxygen atoms in total. The molecule has 0 fully saturated rings. The van der Waals surface area contributed by atoms with Gasteiger partial charge in [-0.25, -0.2) is 0 Å². The van der Waals surface area contributed by atoms with E-state index in [9.17, 15) is 26.3 Å². The molecule has 2 aliphatic heterocycles. The highest BCUT2D eigenvalue weighted by Crippen LogP contribution is 2.34. The Morgan fingerprint density at radius 2 is 0.914 bits per heavy atom. The number of hydrogen-bond donors (Lipinski definition) is 0. The topological polar surface area (TPSA) is 158 Å². The molecule has 0 saturated carbocycles. The Kier molecular flexibility index (Phi) is 11.2. The SMILES string of the molecule is Cc1nnc(-c2cccc(OC3=NO[C@@H](c4ccc(OC(F)(F)F)cc4)C3)c2)o1.Cc1nnc(-c2cccc(OC3=NO[C@H](c4ccc(OC(F)(F)F)cc4)C3)c2)o1. The van der Waals surface area contributed by atoms with Gasteiger partial charge in [0.2, 0.25) is 35.4 Å². The number of aryl methyl sites for hydroxylation is 2. The third kappa shape index (κ3) is 10.6. The average Bonchev–Trinajstić information content (AvgIpc) is 4.01. The maximum Gasteiger partial charge on any atom is 0.573 e. The second-order valence-electron chi connectivity index (χ2n) is 12.3. The van der Waals surface area contributed by atoms with Crippen molar-refractivity contribution in [3.05, 3.63) is 120 Å². The van der Waals surface area contributed by atoms with Crippen LogP contribution in [0.3, 0.4) is 0 Å². The van der Waals surface area contributed by atoms with Crippen LogP contribution in [0.15, 0.2) is 116 Å². The fraction of sp³-hybridized carbons (Fsp3) is 0.211. The van der Waals surface area contributed by atoms with Gasteiger partial charge in [-0.2, -0.15) is 0 Å². The molecular formula is C38H28F6N6O8. The minimum absolute atomic E-state index is 0.301. The van der Waals surface area contributed by atoms with Crippen molar-refractivity contribution < 1.29 is 63.8 Å². The van der Waals surface area contributed by atoms with Gasteiger partial charge in [0.05, 0.1) is 12.8 Å². The van der Waals surface area contributed by atoms with Crippen molar-refractivity contribution in [3.8, 4) is 45.9 Å². The maximum atomic E-state index is 12.2. The van der Waals surface area contributed by atoms with Crippen LogP contribution in [0.4, 0.5) is 26.3 Å². The first-order valence-electron chi connectivity index (χ1n) is 17.0. The number of halogens is 6. The maximum absolute atomic E-state index is 12.2. The minimum atomic E-state index is -4.73. The lowest BCUT2D eigenvalue weighted by Crippen LogP contribution is -2.17. The molecule has 0 amide bonds. The van der Waals surface area contributed by atoms with E-state index in [1.807, 2.05) is 0 Å². The smallest absolute Gasteiger partial charge is 0.440 e. The summed E-state index contributed by atoms with van der Waals surface area (Å²) in [7, 11) is 0. The molecule has 20 heteroatoms. The quantitative estimate of drug-likeness (QED) is 0.134. The third-order valence-corrected chi connectivity index (χ3v) is 7.94. The number of rotatable bonds is 8. The van der Waals surface area contributed by atoms with Gasteiger partial charge in [-0.15, -0.1) is 46.7 Å². The molecule has 0 spiro atoms. The van der Waals surface area contributed by atoms with Crippen molar-refractivity contribution in [3.63, 3.8) is 0 Å². The molecule has 6 aromatic rings. The van der Waals surface area contributed by atoms with Crippen LogP contribution < -0.4 is 18.9 Å². The van der Waals surface area contributed by atoms with Gasteiger partial charge in [0.1, 0.15) is 23.0 Å². The molecule has 0 bridgehead atoms. The summed E-state index contributed by atoms with van der Waals surface area (Å²) < 4.78 is 103. The zero-order valence-electron chi connectivity index (χ0n) is 30.0. The number of alkyl halides is 6. The molecule has 0 unspecified atom stereocenters. The van der Waals surface area contributed by atoms with Crippen molar-refractivity contribution in [1.29, 1.82) is 0 Å². The normalized spacial score (nSPS) is 16.3. The fourth-order valence-corrected chi connectivity index (χ4v) is 5.44. The molecular weight excluding hydrogens is 782 g/mol. The Bertz CT molecular complexity index is 2230. The van der Waals surface area contributed by atoms with Crippen LogP contribution in [0, 0.1) is 13.8 Å². The zero-order chi connectivity index (χ0) is 40.9. The summed E-state index contributed by atoms with van der Waals surface area (Å²) in [5.74, 6) is 2.74. The predicted octanol–water partition coefficient (Wildman–Crippen LogP) is 9.60. The second-order valence-corrected chi connectivity index (χ2v) is 12.3. The first-order chi connectivity index (χ1) is 27.7. The van der Waals surface area contributed by atoms with Crippen LogP contribution >= 0.6 is 0 Å². The Labute approximate surface area is 323 Å². The zero-order valence-corrected chi connectivity index (χ0v) is 30.0. The molecule has 0 saturated heterocycles. The molecule has 8 rings (SSSR count). The van der Waals surface area contributed by atoms with Crippen LogP contribution in [-0.2, 0) is 9.68 Å². The summed E-state index contributed by atoms with van der Waals surface area (Å²) in [6, 6.07) is 24.9. The van der Waals surface area contributed by atoms with Crippen LogP contribution in [0.2, 0.25) is 0 Å². The molecule has 300 valence electrons. The van der Waals surface area contributed by atoms with Crippen LogP contribution in [0.25, 0.3) is 22.9 Å². The molecule has 2 aromatic heterocycles. The van der Waals surface area contributed by atoms with E-state index >= 15 is 0 Å². The van der Waals surface area contributed by atoms with Crippen LogP contribution in [0.5, 0.6) is 23.0 Å². The van der Waals surface area contributed by atoms with Crippen molar-refractivity contribution in [2.45, 2.75) is 51.6 Å². The van der Waals surface area contributed by atoms with E-state index in [4.69, 9.17) is 28.0 Å². The van der Waals surface area contributed by atoms with Crippen LogP contribution in [0.1, 0.15) is 48.0 Å². The lowest BCUT2D eigenvalue weighted by atomic mass is 10.1. The highest BCUT2D eigenvalue weighted by atomic mass is 19.4. The first kappa shape index (κ1) is 39.1. The van der Waals surface area contributed by atoms with Gasteiger partial charge >= 0.3 is 12.7 Å². The van der Waals surface area contributed by atoms with Crippen molar-refractivity contribution in [2.75, 3.05) is 0 Å². The van der Waals surface area contributed by atoms with E-state index in [2.05, 4.69) is 40.2 Å². The van der Waals surface area contributed by atoms with Gasteiger partial charge in [-0.3, -0.25) is 0 Å². The largest absolute Gasteiger partial charge is 0.573 e. The van der Waals surface area contributed by atoms with Crippen molar-refractivity contribution in [2.24, 2.45) is 10.3 Å². The molecule has 2 aliphatic rings. The third-order valence-electron chi connectivity index (χ3n) is 7.94. The highest BCUT2D eigenvalue weighted by molar-refractivity contribution is 5.81. The number of hydrogen-bond acceptors (Lipinski definition) is 14. The Hall–Kier alpha value is -7.12. The Morgan fingerprint density at radius 3 is 1.26 bits per heavy atom.